The van der Waals surface area contributed by atoms with Crippen molar-refractivity contribution in [1.29, 1.82) is 0 Å². The molecule has 0 bridgehead atoms. The van der Waals surface area contributed by atoms with E-state index in [1.807, 2.05) is 41.9 Å². The van der Waals surface area contributed by atoms with Gasteiger partial charge in [-0.3, -0.25) is 8.97 Å². The summed E-state index contributed by atoms with van der Waals surface area (Å²) in [6.07, 6.45) is 3.73. The molecule has 2 saturated carbocycles. The minimum absolute atomic E-state index is 0.0807. The molecular formula is C31H30F3N7O2. The molecule has 0 atom stereocenters. The molecule has 1 aromatic carbocycles. The minimum Gasteiger partial charge on any atom is -0.389 e. The highest BCUT2D eigenvalue weighted by Gasteiger charge is 2.36. The fourth-order valence-electron chi connectivity index (χ4n) is 5.80. The number of hydrogen-bond donors (Lipinski definition) is 2. The number of fused-ring (bicyclic) bond motifs is 1. The van der Waals surface area contributed by atoms with Crippen LogP contribution in [0.25, 0.3) is 33.8 Å². The molecule has 12 heteroatoms. The summed E-state index contributed by atoms with van der Waals surface area (Å²) >= 11 is 0. The molecule has 222 valence electrons. The van der Waals surface area contributed by atoms with E-state index in [1.54, 1.807) is 12.4 Å². The Labute approximate surface area is 244 Å². The third kappa shape index (κ3) is 5.14. The maximum atomic E-state index is 14.3. The number of benzene rings is 1. The number of nitrogens with one attached hydrogen (secondary N) is 1. The molecule has 2 aliphatic rings. The number of aromatic nitrogens is 6. The molecule has 0 unspecified atom stereocenters. The average Bonchev–Trinajstić information content (AvgIpc) is 3.66. The first-order valence-electron chi connectivity index (χ1n) is 14.3. The minimum atomic E-state index is -4.68. The summed E-state index contributed by atoms with van der Waals surface area (Å²) in [7, 11) is 1.85. The predicted octanol–water partition coefficient (Wildman–Crippen LogP) is 4.85. The van der Waals surface area contributed by atoms with Gasteiger partial charge in [-0.25, -0.2) is 9.78 Å². The first-order valence-corrected chi connectivity index (χ1v) is 14.3. The van der Waals surface area contributed by atoms with Crippen molar-refractivity contribution in [2.45, 2.75) is 56.3 Å². The summed E-state index contributed by atoms with van der Waals surface area (Å²) in [5, 5.41) is 21.7. The van der Waals surface area contributed by atoms with E-state index in [2.05, 4.69) is 15.5 Å². The van der Waals surface area contributed by atoms with E-state index >= 15 is 0 Å². The quantitative estimate of drug-likeness (QED) is 0.268. The number of halogens is 3. The van der Waals surface area contributed by atoms with Gasteiger partial charge in [-0.15, -0.1) is 10.2 Å². The Kier molecular flexibility index (Phi) is 6.51. The van der Waals surface area contributed by atoms with Gasteiger partial charge in [0.05, 0.1) is 16.7 Å². The van der Waals surface area contributed by atoms with Crippen molar-refractivity contribution in [1.82, 2.24) is 34.0 Å². The van der Waals surface area contributed by atoms with Crippen molar-refractivity contribution in [2.75, 3.05) is 6.54 Å². The molecular weight excluding hydrogens is 559 g/mol. The Morgan fingerprint density at radius 1 is 1.09 bits per heavy atom. The monoisotopic (exact) mass is 589 g/mol. The summed E-state index contributed by atoms with van der Waals surface area (Å²) in [6.45, 7) is 0.357. The van der Waals surface area contributed by atoms with E-state index < -0.39 is 23.0 Å². The van der Waals surface area contributed by atoms with Gasteiger partial charge >= 0.3 is 11.9 Å². The van der Waals surface area contributed by atoms with Gasteiger partial charge in [-0.05, 0) is 67.0 Å². The van der Waals surface area contributed by atoms with Crippen LogP contribution in [0.15, 0.2) is 66.0 Å². The SMILES string of the molecule is Cn1cnnc1-c1ccccc1-c1cc(C2CC2)nc(-n2cc3c(C(F)(F)F)cc(CNCC4(O)CCC4)cn3c2=O)c1. The molecule has 0 amide bonds. The standard InChI is InChI=1S/C31H30F3N7O2/c1-39-18-36-38-28(39)23-6-3-2-5-22(23)21-12-25(20-7-8-20)37-27(13-21)41-16-26-24(31(32,33)34)11-19(15-40(26)29(41)42)14-35-17-30(43)9-4-10-30/h2-3,5-6,11-13,15-16,18,20,35,43H,4,7-10,14,17H2,1H3. The van der Waals surface area contributed by atoms with E-state index in [-0.39, 0.29) is 30.3 Å². The predicted molar refractivity (Wildman–Crippen MR) is 154 cm³/mol. The lowest BCUT2D eigenvalue weighted by Crippen LogP contribution is -2.46. The number of aryl methyl sites for hydroxylation is 1. The zero-order valence-electron chi connectivity index (χ0n) is 23.5. The normalized spacial score (nSPS) is 16.5. The Hall–Kier alpha value is -4.29. The van der Waals surface area contributed by atoms with Gasteiger partial charge in [-0.2, -0.15) is 13.2 Å². The molecule has 43 heavy (non-hydrogen) atoms. The molecule has 7 rings (SSSR count). The van der Waals surface area contributed by atoms with E-state index in [4.69, 9.17) is 4.98 Å². The number of pyridine rings is 2. The molecule has 5 aromatic rings. The highest BCUT2D eigenvalue weighted by Crippen LogP contribution is 2.42. The first kappa shape index (κ1) is 27.5. The average molecular weight is 590 g/mol. The van der Waals surface area contributed by atoms with E-state index in [1.165, 1.54) is 17.0 Å². The van der Waals surface area contributed by atoms with Gasteiger partial charge in [0.15, 0.2) is 5.82 Å². The summed E-state index contributed by atoms with van der Waals surface area (Å²) in [6, 6.07) is 12.5. The molecule has 9 nitrogen and oxygen atoms in total. The van der Waals surface area contributed by atoms with Crippen molar-refractivity contribution < 1.29 is 18.3 Å². The van der Waals surface area contributed by atoms with Crippen molar-refractivity contribution in [2.24, 2.45) is 7.05 Å². The number of nitrogens with zero attached hydrogens (tertiary/aromatic N) is 6. The molecule has 0 spiro atoms. The van der Waals surface area contributed by atoms with Crippen LogP contribution in [0.3, 0.4) is 0 Å². The molecule has 2 N–H and O–H groups in total. The van der Waals surface area contributed by atoms with Crippen LogP contribution >= 0.6 is 0 Å². The maximum absolute atomic E-state index is 14.3. The molecule has 0 aliphatic heterocycles. The smallest absolute Gasteiger partial charge is 0.389 e. The first-order chi connectivity index (χ1) is 20.6. The third-order valence-corrected chi connectivity index (χ3v) is 8.46. The third-order valence-electron chi connectivity index (χ3n) is 8.46. The van der Waals surface area contributed by atoms with Gasteiger partial charge in [0, 0.05) is 49.7 Å². The highest BCUT2D eigenvalue weighted by atomic mass is 19.4. The Morgan fingerprint density at radius 2 is 1.86 bits per heavy atom. The van der Waals surface area contributed by atoms with Crippen LogP contribution < -0.4 is 11.0 Å². The molecule has 2 aliphatic carbocycles. The van der Waals surface area contributed by atoms with Crippen LogP contribution in [0.4, 0.5) is 13.2 Å². The van der Waals surface area contributed by atoms with Crippen LogP contribution in [0.5, 0.6) is 0 Å². The van der Waals surface area contributed by atoms with Gasteiger partial charge in [0.2, 0.25) is 0 Å². The lowest BCUT2D eigenvalue weighted by atomic mass is 9.80. The lowest BCUT2D eigenvalue weighted by molar-refractivity contribution is -0.136. The van der Waals surface area contributed by atoms with Crippen LogP contribution in [-0.4, -0.2) is 46.0 Å². The van der Waals surface area contributed by atoms with Crippen molar-refractivity contribution in [3.05, 3.63) is 88.5 Å². The number of alkyl halides is 3. The van der Waals surface area contributed by atoms with Crippen LogP contribution in [0.1, 0.15) is 54.8 Å². The summed E-state index contributed by atoms with van der Waals surface area (Å²) in [5.74, 6) is 1.14. The largest absolute Gasteiger partial charge is 0.418 e. The second-order valence-corrected chi connectivity index (χ2v) is 11.7. The second kappa shape index (κ2) is 10.2. The van der Waals surface area contributed by atoms with E-state index in [0.717, 1.165) is 52.1 Å². The fourth-order valence-corrected chi connectivity index (χ4v) is 5.80. The Balaban J connectivity index is 1.34. The van der Waals surface area contributed by atoms with Gasteiger partial charge in [-0.1, -0.05) is 24.3 Å². The number of hydrogen-bond acceptors (Lipinski definition) is 6. The topological polar surface area (TPSA) is 102 Å². The number of aliphatic hydroxyl groups is 1. The van der Waals surface area contributed by atoms with E-state index in [0.29, 0.717) is 24.2 Å². The Morgan fingerprint density at radius 3 is 2.51 bits per heavy atom. The number of imidazole rings is 1. The summed E-state index contributed by atoms with van der Waals surface area (Å²) in [5.41, 5.74) is 0.915. The lowest BCUT2D eigenvalue weighted by Gasteiger charge is -2.36. The van der Waals surface area contributed by atoms with E-state index in [9.17, 15) is 23.1 Å². The molecule has 0 saturated heterocycles. The second-order valence-electron chi connectivity index (χ2n) is 11.7. The zero-order chi connectivity index (χ0) is 29.9. The van der Waals surface area contributed by atoms with Gasteiger partial charge in [0.25, 0.3) is 0 Å². The van der Waals surface area contributed by atoms with Gasteiger partial charge < -0.3 is 15.0 Å². The van der Waals surface area contributed by atoms with Gasteiger partial charge in [0.1, 0.15) is 12.1 Å². The summed E-state index contributed by atoms with van der Waals surface area (Å²) < 4.78 is 46.9. The van der Waals surface area contributed by atoms with Crippen LogP contribution in [-0.2, 0) is 19.8 Å². The molecule has 2 fully saturated rings. The van der Waals surface area contributed by atoms with Crippen molar-refractivity contribution in [3.63, 3.8) is 0 Å². The molecule has 4 aromatic heterocycles. The van der Waals surface area contributed by atoms with Crippen molar-refractivity contribution >= 4 is 5.52 Å². The molecule has 4 heterocycles. The highest BCUT2D eigenvalue weighted by molar-refractivity contribution is 5.81. The van der Waals surface area contributed by atoms with Crippen molar-refractivity contribution in [3.8, 4) is 28.3 Å². The summed E-state index contributed by atoms with van der Waals surface area (Å²) in [4.78, 5) is 18.5. The Bertz CT molecular complexity index is 1900. The fraction of sp³-hybridized carbons (Fsp3) is 0.355. The molecule has 0 radical (unpaired) electrons. The zero-order valence-corrected chi connectivity index (χ0v) is 23.5. The van der Waals surface area contributed by atoms with Crippen LogP contribution in [0, 0.1) is 0 Å². The van der Waals surface area contributed by atoms with Crippen LogP contribution in [0.2, 0.25) is 0 Å². The maximum Gasteiger partial charge on any atom is 0.418 e. The number of rotatable bonds is 8.